The lowest BCUT2D eigenvalue weighted by atomic mass is 9.88. The molecule has 0 radical (unpaired) electrons. The fourth-order valence-corrected chi connectivity index (χ4v) is 2.85. The van der Waals surface area contributed by atoms with E-state index in [1.54, 1.807) is 12.4 Å². The third-order valence-corrected chi connectivity index (χ3v) is 4.27. The number of amides is 1. The van der Waals surface area contributed by atoms with Gasteiger partial charge in [0.1, 0.15) is 5.82 Å². The van der Waals surface area contributed by atoms with E-state index in [9.17, 15) is 4.79 Å². The number of aromatic nitrogens is 4. The molecule has 1 aliphatic rings. The molecule has 0 aliphatic carbocycles. The molecule has 2 aromatic heterocycles. The monoisotopic (exact) mass is 300 g/mol. The van der Waals surface area contributed by atoms with E-state index in [4.69, 9.17) is 0 Å². The lowest BCUT2D eigenvalue weighted by Gasteiger charge is -2.18. The minimum atomic E-state index is -0.121. The maximum atomic E-state index is 12.6. The van der Waals surface area contributed by atoms with E-state index in [-0.39, 0.29) is 17.7 Å². The maximum absolute atomic E-state index is 12.6. The molecular weight excluding hydrogens is 280 g/mol. The molecule has 3 heterocycles. The second kappa shape index (κ2) is 5.84. The predicted octanol–water partition coefficient (Wildman–Crippen LogP) is 0.769. The molecule has 0 unspecified atom stereocenters. The van der Waals surface area contributed by atoms with Crippen LogP contribution in [0.3, 0.4) is 0 Å². The van der Waals surface area contributed by atoms with E-state index in [2.05, 4.69) is 25.7 Å². The number of carbonyl (C=O) groups excluding carboxylic acids is 1. The summed E-state index contributed by atoms with van der Waals surface area (Å²) in [7, 11) is 1.92. The van der Waals surface area contributed by atoms with Gasteiger partial charge in [-0.1, -0.05) is 0 Å². The average molecular weight is 300 g/mol. The van der Waals surface area contributed by atoms with Crippen molar-refractivity contribution in [2.24, 2.45) is 13.0 Å². The van der Waals surface area contributed by atoms with E-state index >= 15 is 0 Å². The Hall–Kier alpha value is -2.28. The number of nitrogens with one attached hydrogen (secondary N) is 2. The quantitative estimate of drug-likeness (QED) is 0.874. The van der Waals surface area contributed by atoms with Crippen molar-refractivity contribution in [2.45, 2.75) is 19.8 Å². The van der Waals surface area contributed by atoms with Crippen LogP contribution in [0.2, 0.25) is 0 Å². The third-order valence-electron chi connectivity index (χ3n) is 4.27. The molecule has 7 nitrogen and oxygen atoms in total. The van der Waals surface area contributed by atoms with Crippen molar-refractivity contribution in [3.05, 3.63) is 35.7 Å². The van der Waals surface area contributed by atoms with E-state index in [0.717, 1.165) is 17.8 Å². The minimum Gasteiger partial charge on any atom is -0.323 e. The van der Waals surface area contributed by atoms with E-state index in [1.807, 2.05) is 31.8 Å². The Morgan fingerprint density at radius 1 is 1.27 bits per heavy atom. The van der Waals surface area contributed by atoms with Crippen LogP contribution in [-0.4, -0.2) is 38.7 Å². The summed E-state index contributed by atoms with van der Waals surface area (Å²) in [5, 5.41) is 10.5. The first-order chi connectivity index (χ1) is 10.6. The summed E-state index contributed by atoms with van der Waals surface area (Å²) in [6.45, 7) is 5.30. The fraction of sp³-hybridized carbons (Fsp3) is 0.467. The van der Waals surface area contributed by atoms with Crippen LogP contribution in [0, 0.1) is 19.8 Å². The van der Waals surface area contributed by atoms with Crippen LogP contribution in [0.4, 0.5) is 5.69 Å². The lowest BCUT2D eigenvalue weighted by Crippen LogP contribution is -2.28. The van der Waals surface area contributed by atoms with Gasteiger partial charge in [-0.3, -0.25) is 9.48 Å². The molecule has 116 valence electrons. The van der Waals surface area contributed by atoms with Gasteiger partial charge in [0.2, 0.25) is 5.91 Å². The van der Waals surface area contributed by atoms with Gasteiger partial charge in [-0.05, 0) is 19.4 Å². The number of nitrogens with zero attached hydrogens (tertiary/aromatic N) is 4. The van der Waals surface area contributed by atoms with Gasteiger partial charge in [-0.2, -0.15) is 5.10 Å². The molecule has 2 aromatic rings. The Kier molecular flexibility index (Phi) is 3.89. The van der Waals surface area contributed by atoms with Gasteiger partial charge in [-0.25, -0.2) is 9.97 Å². The summed E-state index contributed by atoms with van der Waals surface area (Å²) in [5.74, 6) is 0.694. The van der Waals surface area contributed by atoms with E-state index < -0.39 is 0 Å². The number of rotatable bonds is 3. The molecule has 1 fully saturated rings. The Labute approximate surface area is 129 Å². The molecule has 0 spiro atoms. The van der Waals surface area contributed by atoms with Crippen molar-refractivity contribution < 1.29 is 4.79 Å². The summed E-state index contributed by atoms with van der Waals surface area (Å²) in [6.07, 6.45) is 5.13. The number of carbonyl (C=O) groups is 1. The highest BCUT2D eigenvalue weighted by molar-refractivity contribution is 5.93. The zero-order valence-electron chi connectivity index (χ0n) is 13.0. The molecule has 1 amide bonds. The van der Waals surface area contributed by atoms with Gasteiger partial charge in [0.25, 0.3) is 0 Å². The smallest absolute Gasteiger partial charge is 0.229 e. The highest BCUT2D eigenvalue weighted by Gasteiger charge is 2.35. The number of hydrogen-bond donors (Lipinski definition) is 2. The zero-order chi connectivity index (χ0) is 15.7. The van der Waals surface area contributed by atoms with Crippen LogP contribution in [0.1, 0.15) is 23.0 Å². The fourth-order valence-electron chi connectivity index (χ4n) is 2.85. The summed E-state index contributed by atoms with van der Waals surface area (Å²) < 4.78 is 1.84. The van der Waals surface area contributed by atoms with Crippen LogP contribution >= 0.6 is 0 Å². The number of aryl methyl sites for hydroxylation is 2. The van der Waals surface area contributed by atoms with Gasteiger partial charge < -0.3 is 10.6 Å². The summed E-state index contributed by atoms with van der Waals surface area (Å²) in [5.41, 5.74) is 2.86. The summed E-state index contributed by atoms with van der Waals surface area (Å²) >= 11 is 0. The summed E-state index contributed by atoms with van der Waals surface area (Å²) in [6, 6.07) is 0. The van der Waals surface area contributed by atoms with Gasteiger partial charge >= 0.3 is 0 Å². The Bertz CT molecular complexity index is 678. The van der Waals surface area contributed by atoms with E-state index in [0.29, 0.717) is 18.1 Å². The second-order valence-corrected chi connectivity index (χ2v) is 5.69. The third kappa shape index (κ3) is 2.71. The lowest BCUT2D eigenvalue weighted by molar-refractivity contribution is -0.119. The molecule has 1 aliphatic heterocycles. The Morgan fingerprint density at radius 3 is 2.64 bits per heavy atom. The first-order valence-corrected chi connectivity index (χ1v) is 7.35. The largest absolute Gasteiger partial charge is 0.323 e. The molecule has 0 saturated carbocycles. The molecule has 2 atom stereocenters. The zero-order valence-corrected chi connectivity index (χ0v) is 13.0. The molecule has 0 aromatic carbocycles. The van der Waals surface area contributed by atoms with E-state index in [1.165, 1.54) is 0 Å². The molecule has 2 N–H and O–H groups in total. The normalized spacial score (nSPS) is 21.0. The maximum Gasteiger partial charge on any atom is 0.229 e. The first-order valence-electron chi connectivity index (χ1n) is 7.35. The van der Waals surface area contributed by atoms with Crippen LogP contribution in [-0.2, 0) is 11.8 Å². The topological polar surface area (TPSA) is 84.7 Å². The van der Waals surface area contributed by atoms with Crippen molar-refractivity contribution in [1.29, 1.82) is 0 Å². The second-order valence-electron chi connectivity index (χ2n) is 5.69. The minimum absolute atomic E-state index is 0.00861. The predicted molar refractivity (Wildman–Crippen MR) is 82.4 cm³/mol. The molecule has 0 bridgehead atoms. The molecular formula is C15H20N6O. The Balaban J connectivity index is 1.76. The van der Waals surface area contributed by atoms with Crippen molar-refractivity contribution in [1.82, 2.24) is 25.1 Å². The number of hydrogen-bond acceptors (Lipinski definition) is 5. The Morgan fingerprint density at radius 2 is 2.00 bits per heavy atom. The van der Waals surface area contributed by atoms with Crippen molar-refractivity contribution in [2.75, 3.05) is 18.4 Å². The van der Waals surface area contributed by atoms with Crippen LogP contribution < -0.4 is 10.6 Å². The molecule has 1 saturated heterocycles. The molecule has 22 heavy (non-hydrogen) atoms. The average Bonchev–Trinajstić information content (AvgIpc) is 3.09. The van der Waals surface area contributed by atoms with Crippen LogP contribution in [0.25, 0.3) is 0 Å². The van der Waals surface area contributed by atoms with Gasteiger partial charge in [0.05, 0.1) is 30.2 Å². The first kappa shape index (κ1) is 14.6. The van der Waals surface area contributed by atoms with Gasteiger partial charge in [-0.15, -0.1) is 0 Å². The van der Waals surface area contributed by atoms with Crippen molar-refractivity contribution in [3.63, 3.8) is 0 Å². The molecule has 7 heteroatoms. The van der Waals surface area contributed by atoms with Gasteiger partial charge in [0, 0.05) is 31.7 Å². The SMILES string of the molecule is Cc1ncc(NC(=O)[C@H]2CNC[C@@H]2c2cnn(C)c2C)cn1. The highest BCUT2D eigenvalue weighted by Crippen LogP contribution is 2.30. The van der Waals surface area contributed by atoms with Crippen molar-refractivity contribution in [3.8, 4) is 0 Å². The highest BCUT2D eigenvalue weighted by atomic mass is 16.2. The van der Waals surface area contributed by atoms with Crippen molar-refractivity contribution >= 4 is 11.6 Å². The van der Waals surface area contributed by atoms with Crippen LogP contribution in [0.5, 0.6) is 0 Å². The van der Waals surface area contributed by atoms with Crippen LogP contribution in [0.15, 0.2) is 18.6 Å². The number of anilines is 1. The van der Waals surface area contributed by atoms with Gasteiger partial charge in [0.15, 0.2) is 0 Å². The molecule has 3 rings (SSSR count). The standard InChI is InChI=1S/C15H20N6O/c1-9-12(8-19-21(9)3)13-6-16-7-14(13)15(22)20-11-4-17-10(2)18-5-11/h4-5,8,13-14,16H,6-7H2,1-3H3,(H,20,22)/t13-,14+/m1/s1. The summed E-state index contributed by atoms with van der Waals surface area (Å²) in [4.78, 5) is 20.8.